The Morgan fingerprint density at radius 2 is 1.44 bits per heavy atom. The summed E-state index contributed by atoms with van der Waals surface area (Å²) in [5.74, 6) is -1.56. The molecule has 0 radical (unpaired) electrons. The van der Waals surface area contributed by atoms with Crippen molar-refractivity contribution < 1.29 is 29.0 Å². The highest BCUT2D eigenvalue weighted by atomic mass is 16.5. The maximum Gasteiger partial charge on any atom is 0.338 e. The number of aliphatic hydroxyl groups excluding tert-OH is 1. The van der Waals surface area contributed by atoms with Crippen molar-refractivity contribution in [2.24, 2.45) is 0 Å². The highest BCUT2D eigenvalue weighted by molar-refractivity contribution is 5.96. The van der Waals surface area contributed by atoms with Crippen LogP contribution >= 0.6 is 0 Å². The molecule has 2 aromatic carbocycles. The molecule has 0 saturated carbocycles. The number of amides is 1. The Balaban J connectivity index is 1.82. The van der Waals surface area contributed by atoms with Gasteiger partial charge in [-0.25, -0.2) is 9.59 Å². The van der Waals surface area contributed by atoms with E-state index in [0.717, 1.165) is 6.42 Å². The van der Waals surface area contributed by atoms with Gasteiger partial charge in [-0.3, -0.25) is 4.79 Å². The van der Waals surface area contributed by atoms with Gasteiger partial charge in [-0.15, -0.1) is 0 Å². The van der Waals surface area contributed by atoms with E-state index in [-0.39, 0.29) is 12.2 Å². The molecule has 2 aromatic rings. The molecule has 0 spiro atoms. The van der Waals surface area contributed by atoms with E-state index in [1.54, 1.807) is 36.4 Å². The molecule has 0 fully saturated rings. The predicted molar refractivity (Wildman–Crippen MR) is 98.3 cm³/mol. The summed E-state index contributed by atoms with van der Waals surface area (Å²) < 4.78 is 9.98. The summed E-state index contributed by atoms with van der Waals surface area (Å²) in [7, 11) is 0. The molecule has 0 aliphatic heterocycles. The van der Waals surface area contributed by atoms with E-state index >= 15 is 0 Å². The summed E-state index contributed by atoms with van der Waals surface area (Å²) >= 11 is 0. The van der Waals surface area contributed by atoms with Crippen molar-refractivity contribution >= 4 is 23.5 Å². The third-order valence-corrected chi connectivity index (χ3v) is 3.55. The van der Waals surface area contributed by atoms with Crippen LogP contribution in [-0.2, 0) is 20.9 Å². The summed E-state index contributed by atoms with van der Waals surface area (Å²) in [5, 5.41) is 11.5. The average Bonchev–Trinajstić information content (AvgIpc) is 2.70. The molecule has 0 atom stereocenters. The van der Waals surface area contributed by atoms with Gasteiger partial charge < -0.3 is 19.9 Å². The smallest absolute Gasteiger partial charge is 0.338 e. The number of benzene rings is 2. The lowest BCUT2D eigenvalue weighted by molar-refractivity contribution is -0.119. The molecular formula is C20H21NO6. The highest BCUT2D eigenvalue weighted by Crippen LogP contribution is 2.11. The fourth-order valence-electron chi connectivity index (χ4n) is 2.13. The van der Waals surface area contributed by atoms with Gasteiger partial charge in [-0.05, 0) is 48.4 Å². The van der Waals surface area contributed by atoms with Gasteiger partial charge in [0.2, 0.25) is 0 Å². The first-order chi connectivity index (χ1) is 13.0. The lowest BCUT2D eigenvalue weighted by atomic mass is 10.1. The predicted octanol–water partition coefficient (Wildman–Crippen LogP) is 2.54. The Morgan fingerprint density at radius 3 is 2.00 bits per heavy atom. The lowest BCUT2D eigenvalue weighted by Crippen LogP contribution is -2.21. The van der Waals surface area contributed by atoms with Gasteiger partial charge in [0.15, 0.2) is 6.61 Å². The molecule has 0 heterocycles. The standard InChI is InChI=1S/C20H21NO6/c1-2-11-26-19(24)16-7-9-17(10-8-16)21-18(23)13-27-20(25)15-5-3-14(12-22)4-6-15/h3-10,22H,2,11-13H2,1H3,(H,21,23). The Labute approximate surface area is 156 Å². The minimum absolute atomic E-state index is 0.118. The van der Waals surface area contributed by atoms with E-state index in [0.29, 0.717) is 23.4 Å². The number of hydrogen-bond acceptors (Lipinski definition) is 6. The molecule has 7 nitrogen and oxygen atoms in total. The third kappa shape index (κ3) is 6.23. The first-order valence-corrected chi connectivity index (χ1v) is 8.47. The van der Waals surface area contributed by atoms with Crippen molar-refractivity contribution in [2.45, 2.75) is 20.0 Å². The molecule has 0 aliphatic rings. The number of esters is 2. The third-order valence-electron chi connectivity index (χ3n) is 3.55. The minimum atomic E-state index is -0.636. The van der Waals surface area contributed by atoms with E-state index in [9.17, 15) is 14.4 Å². The maximum absolute atomic E-state index is 11.9. The second-order valence-electron chi connectivity index (χ2n) is 5.69. The van der Waals surface area contributed by atoms with Gasteiger partial charge in [-0.2, -0.15) is 0 Å². The number of carbonyl (C=O) groups excluding carboxylic acids is 3. The van der Waals surface area contributed by atoms with Crippen molar-refractivity contribution in [1.29, 1.82) is 0 Å². The van der Waals surface area contributed by atoms with E-state index in [1.165, 1.54) is 12.1 Å². The van der Waals surface area contributed by atoms with Crippen molar-refractivity contribution in [3.63, 3.8) is 0 Å². The Kier molecular flexibility index (Phi) is 7.51. The monoisotopic (exact) mass is 371 g/mol. The summed E-state index contributed by atoms with van der Waals surface area (Å²) in [4.78, 5) is 35.5. The van der Waals surface area contributed by atoms with E-state index in [2.05, 4.69) is 5.32 Å². The number of nitrogens with one attached hydrogen (secondary N) is 1. The number of aliphatic hydroxyl groups is 1. The minimum Gasteiger partial charge on any atom is -0.462 e. The molecule has 0 aromatic heterocycles. The highest BCUT2D eigenvalue weighted by Gasteiger charge is 2.11. The van der Waals surface area contributed by atoms with Gasteiger partial charge in [0, 0.05) is 5.69 Å². The quantitative estimate of drug-likeness (QED) is 0.692. The fourth-order valence-corrected chi connectivity index (χ4v) is 2.13. The Bertz CT molecular complexity index is 783. The SMILES string of the molecule is CCCOC(=O)c1ccc(NC(=O)COC(=O)c2ccc(CO)cc2)cc1. The zero-order chi connectivity index (χ0) is 19.6. The van der Waals surface area contributed by atoms with Crippen molar-refractivity contribution in [1.82, 2.24) is 0 Å². The fraction of sp³-hybridized carbons (Fsp3) is 0.250. The molecule has 27 heavy (non-hydrogen) atoms. The van der Waals surface area contributed by atoms with Crippen molar-refractivity contribution in [2.75, 3.05) is 18.5 Å². The Hall–Kier alpha value is -3.19. The molecule has 0 saturated heterocycles. The van der Waals surface area contributed by atoms with Gasteiger partial charge >= 0.3 is 11.9 Å². The Morgan fingerprint density at radius 1 is 0.889 bits per heavy atom. The van der Waals surface area contributed by atoms with Crippen LogP contribution in [0.2, 0.25) is 0 Å². The molecular weight excluding hydrogens is 350 g/mol. The molecule has 1 amide bonds. The second-order valence-corrected chi connectivity index (χ2v) is 5.69. The molecule has 0 bridgehead atoms. The van der Waals surface area contributed by atoms with Crippen molar-refractivity contribution in [3.05, 3.63) is 65.2 Å². The number of hydrogen-bond donors (Lipinski definition) is 2. The van der Waals surface area contributed by atoms with Crippen LogP contribution in [0.15, 0.2) is 48.5 Å². The van der Waals surface area contributed by atoms with Gasteiger partial charge in [0.1, 0.15) is 0 Å². The molecule has 7 heteroatoms. The number of ether oxygens (including phenoxy) is 2. The topological polar surface area (TPSA) is 102 Å². The van der Waals surface area contributed by atoms with Crippen LogP contribution in [0.25, 0.3) is 0 Å². The molecule has 0 aliphatic carbocycles. The van der Waals surface area contributed by atoms with Crippen LogP contribution in [0.5, 0.6) is 0 Å². The summed E-state index contributed by atoms with van der Waals surface area (Å²) in [6.07, 6.45) is 0.740. The first-order valence-electron chi connectivity index (χ1n) is 8.47. The van der Waals surface area contributed by atoms with E-state index in [4.69, 9.17) is 14.6 Å². The van der Waals surface area contributed by atoms with E-state index < -0.39 is 24.5 Å². The van der Waals surface area contributed by atoms with Crippen LogP contribution in [0.3, 0.4) is 0 Å². The lowest BCUT2D eigenvalue weighted by Gasteiger charge is -2.08. The van der Waals surface area contributed by atoms with Crippen LogP contribution in [0, 0.1) is 0 Å². The summed E-state index contributed by atoms with van der Waals surface area (Å²) in [6.45, 7) is 1.70. The molecule has 2 rings (SSSR count). The summed E-state index contributed by atoms with van der Waals surface area (Å²) in [5.41, 5.74) is 1.82. The van der Waals surface area contributed by atoms with Gasteiger partial charge in [0.05, 0.1) is 24.3 Å². The van der Waals surface area contributed by atoms with Crippen LogP contribution in [-0.4, -0.2) is 36.2 Å². The summed E-state index contributed by atoms with van der Waals surface area (Å²) in [6, 6.07) is 12.5. The number of anilines is 1. The van der Waals surface area contributed by atoms with Crippen LogP contribution < -0.4 is 5.32 Å². The van der Waals surface area contributed by atoms with Gasteiger partial charge in [0.25, 0.3) is 5.91 Å². The van der Waals surface area contributed by atoms with Crippen molar-refractivity contribution in [3.8, 4) is 0 Å². The number of rotatable bonds is 8. The normalized spacial score (nSPS) is 10.1. The largest absolute Gasteiger partial charge is 0.462 e. The second kappa shape index (κ2) is 10.1. The zero-order valence-electron chi connectivity index (χ0n) is 14.9. The maximum atomic E-state index is 11.9. The molecule has 0 unspecified atom stereocenters. The average molecular weight is 371 g/mol. The van der Waals surface area contributed by atoms with Crippen LogP contribution in [0.1, 0.15) is 39.6 Å². The van der Waals surface area contributed by atoms with Crippen LogP contribution in [0.4, 0.5) is 5.69 Å². The molecule has 2 N–H and O–H groups in total. The van der Waals surface area contributed by atoms with E-state index in [1.807, 2.05) is 6.92 Å². The number of carbonyl (C=O) groups is 3. The van der Waals surface area contributed by atoms with Gasteiger partial charge in [-0.1, -0.05) is 19.1 Å². The first kappa shape index (κ1) is 20.1. The zero-order valence-corrected chi connectivity index (χ0v) is 14.9. The molecule has 142 valence electrons.